The zero-order chi connectivity index (χ0) is 14.0. The van der Waals surface area contributed by atoms with Crippen LogP contribution in [0.4, 0.5) is 5.69 Å². The zero-order valence-electron chi connectivity index (χ0n) is 9.50. The van der Waals surface area contributed by atoms with E-state index in [0.717, 1.165) is 0 Å². The molecule has 0 atom stereocenters. The van der Waals surface area contributed by atoms with Crippen LogP contribution in [0.5, 0.6) is 11.6 Å². The minimum absolute atomic E-state index is 0.00321. The number of hydrogen-bond acceptors (Lipinski definition) is 6. The van der Waals surface area contributed by atoms with Crippen LogP contribution in [0.15, 0.2) is 18.2 Å². The molecule has 0 saturated carbocycles. The molecule has 0 fully saturated rings. The first-order chi connectivity index (χ1) is 8.99. The van der Waals surface area contributed by atoms with Crippen LogP contribution in [-0.2, 0) is 0 Å². The highest BCUT2D eigenvalue weighted by Gasteiger charge is 2.20. The van der Waals surface area contributed by atoms with Gasteiger partial charge in [0.1, 0.15) is 0 Å². The predicted molar refractivity (Wildman–Crippen MR) is 67.8 cm³/mol. The smallest absolute Gasteiger partial charge is 0.314 e. The molecule has 19 heavy (non-hydrogen) atoms. The summed E-state index contributed by atoms with van der Waals surface area (Å²) in [6.07, 6.45) is 0. The minimum atomic E-state index is -0.547. The van der Waals surface area contributed by atoms with Gasteiger partial charge in [-0.3, -0.25) is 10.1 Å². The molecule has 1 aromatic carbocycles. The Morgan fingerprint density at radius 1 is 1.32 bits per heavy atom. The van der Waals surface area contributed by atoms with Gasteiger partial charge in [0.25, 0.3) is 5.88 Å². The van der Waals surface area contributed by atoms with Crippen molar-refractivity contribution in [2.24, 2.45) is 0 Å². The Balaban J connectivity index is 2.46. The second-order valence-corrected chi connectivity index (χ2v) is 4.15. The lowest BCUT2D eigenvalue weighted by atomic mass is 10.2. The summed E-state index contributed by atoms with van der Waals surface area (Å²) >= 11 is 11.3. The maximum atomic E-state index is 11.0. The molecule has 9 heteroatoms. The third-order valence-corrected chi connectivity index (χ3v) is 2.58. The van der Waals surface area contributed by atoms with Crippen molar-refractivity contribution in [1.29, 1.82) is 0 Å². The van der Waals surface area contributed by atoms with Gasteiger partial charge in [0.05, 0.1) is 4.92 Å². The Hall–Kier alpha value is -1.99. The van der Waals surface area contributed by atoms with E-state index in [2.05, 4.69) is 15.2 Å². The van der Waals surface area contributed by atoms with Crippen molar-refractivity contribution >= 4 is 28.9 Å². The summed E-state index contributed by atoms with van der Waals surface area (Å²) in [6, 6.07) is 4.64. The van der Waals surface area contributed by atoms with E-state index in [4.69, 9.17) is 27.9 Å². The van der Waals surface area contributed by atoms with Crippen LogP contribution >= 0.6 is 23.2 Å². The summed E-state index contributed by atoms with van der Waals surface area (Å²) in [5.74, 6) is -0.140. The van der Waals surface area contributed by atoms with Gasteiger partial charge in [-0.15, -0.1) is 10.2 Å². The summed E-state index contributed by atoms with van der Waals surface area (Å²) in [5.41, 5.74) is 0.278. The number of halogens is 2. The molecule has 1 aromatic heterocycles. The van der Waals surface area contributed by atoms with Gasteiger partial charge >= 0.3 is 5.69 Å². The second-order valence-electron chi connectivity index (χ2n) is 3.46. The molecule has 98 valence electrons. The molecule has 0 aliphatic carbocycles. The summed E-state index contributed by atoms with van der Waals surface area (Å²) in [5, 5.41) is 17.6. The Morgan fingerprint density at radius 2 is 2.05 bits per heavy atom. The van der Waals surface area contributed by atoms with Gasteiger partial charge in [-0.2, -0.15) is 4.98 Å². The normalized spacial score (nSPS) is 10.3. The zero-order valence-corrected chi connectivity index (χ0v) is 11.0. The van der Waals surface area contributed by atoms with Crippen LogP contribution in [-0.4, -0.2) is 20.1 Å². The molecule has 0 radical (unpaired) electrons. The van der Waals surface area contributed by atoms with Crippen LogP contribution in [0, 0.1) is 17.0 Å². The molecule has 0 unspecified atom stereocenters. The fraction of sp³-hybridized carbons (Fsp3) is 0.100. The fourth-order valence-electron chi connectivity index (χ4n) is 1.40. The molecule has 7 nitrogen and oxygen atoms in total. The van der Waals surface area contributed by atoms with E-state index < -0.39 is 4.92 Å². The van der Waals surface area contributed by atoms with Gasteiger partial charge in [0.15, 0.2) is 0 Å². The van der Waals surface area contributed by atoms with Crippen molar-refractivity contribution in [2.75, 3.05) is 0 Å². The Kier molecular flexibility index (Phi) is 3.77. The first kappa shape index (κ1) is 13.4. The average Bonchev–Trinajstić information content (AvgIpc) is 2.33. The van der Waals surface area contributed by atoms with E-state index in [1.807, 2.05) is 0 Å². The average molecular weight is 301 g/mol. The van der Waals surface area contributed by atoms with Gasteiger partial charge in [-0.05, 0) is 24.6 Å². The third-order valence-electron chi connectivity index (χ3n) is 2.18. The van der Waals surface area contributed by atoms with Crippen molar-refractivity contribution < 1.29 is 9.66 Å². The van der Waals surface area contributed by atoms with Gasteiger partial charge in [0, 0.05) is 5.56 Å². The van der Waals surface area contributed by atoms with Crippen LogP contribution in [0.3, 0.4) is 0 Å². The maximum Gasteiger partial charge on any atom is 0.314 e. The molecule has 0 saturated heterocycles. The highest BCUT2D eigenvalue weighted by atomic mass is 35.5. The van der Waals surface area contributed by atoms with E-state index in [1.165, 1.54) is 6.07 Å². The highest BCUT2D eigenvalue weighted by molar-refractivity contribution is 6.31. The lowest BCUT2D eigenvalue weighted by Crippen LogP contribution is -1.99. The number of nitro groups is 1. The summed E-state index contributed by atoms with van der Waals surface area (Å²) in [6.45, 7) is 1.60. The summed E-state index contributed by atoms with van der Waals surface area (Å²) in [7, 11) is 0. The number of hydrogen-bond donors (Lipinski definition) is 0. The van der Waals surface area contributed by atoms with Crippen molar-refractivity contribution in [1.82, 2.24) is 15.2 Å². The largest absolute Gasteiger partial charge is 0.429 e. The number of rotatable bonds is 3. The molecule has 0 aliphatic heterocycles. The molecule has 1 heterocycles. The molecule has 0 spiro atoms. The van der Waals surface area contributed by atoms with Gasteiger partial charge in [-0.25, -0.2) is 0 Å². The highest BCUT2D eigenvalue weighted by Crippen LogP contribution is 2.35. The lowest BCUT2D eigenvalue weighted by molar-refractivity contribution is -0.386. The molecule has 2 rings (SSSR count). The monoisotopic (exact) mass is 300 g/mol. The van der Waals surface area contributed by atoms with Crippen LogP contribution in [0.2, 0.25) is 10.4 Å². The topological polar surface area (TPSA) is 91.0 Å². The maximum absolute atomic E-state index is 11.0. The first-order valence-electron chi connectivity index (χ1n) is 4.96. The molecule has 0 amide bonds. The standard InChI is InChI=1S/C10H6Cl2N4O3/c1-5-3-2-4-6(7(5)16(17)18)19-9-8(11)14-15-10(12)13-9/h2-4H,1H3. The molecule has 0 aliphatic rings. The van der Waals surface area contributed by atoms with Crippen molar-refractivity contribution in [3.05, 3.63) is 44.3 Å². The Bertz CT molecular complexity index is 651. The van der Waals surface area contributed by atoms with E-state index in [-0.39, 0.29) is 27.8 Å². The fourth-order valence-corrected chi connectivity index (χ4v) is 1.63. The van der Waals surface area contributed by atoms with E-state index in [9.17, 15) is 10.1 Å². The molecule has 2 aromatic rings. The second kappa shape index (κ2) is 5.33. The summed E-state index contributed by atoms with van der Waals surface area (Å²) in [4.78, 5) is 14.2. The lowest BCUT2D eigenvalue weighted by Gasteiger charge is -2.07. The number of nitro benzene ring substituents is 1. The quantitative estimate of drug-likeness (QED) is 0.638. The molecule has 0 N–H and O–H groups in total. The van der Waals surface area contributed by atoms with Gasteiger partial charge in [0.2, 0.25) is 16.2 Å². The summed E-state index contributed by atoms with van der Waals surface area (Å²) < 4.78 is 5.29. The van der Waals surface area contributed by atoms with E-state index in [0.29, 0.717) is 5.56 Å². The van der Waals surface area contributed by atoms with Crippen LogP contribution in [0.1, 0.15) is 5.56 Å². The van der Waals surface area contributed by atoms with Gasteiger partial charge in [-0.1, -0.05) is 23.7 Å². The Labute approximate surface area is 117 Å². The number of aryl methyl sites for hydroxylation is 1. The number of nitrogens with zero attached hydrogens (tertiary/aromatic N) is 4. The van der Waals surface area contributed by atoms with Crippen LogP contribution < -0.4 is 4.74 Å². The van der Waals surface area contributed by atoms with Crippen molar-refractivity contribution in [2.45, 2.75) is 6.92 Å². The van der Waals surface area contributed by atoms with Gasteiger partial charge < -0.3 is 4.74 Å². The van der Waals surface area contributed by atoms with Crippen molar-refractivity contribution in [3.63, 3.8) is 0 Å². The Morgan fingerprint density at radius 3 is 2.74 bits per heavy atom. The number of benzene rings is 1. The number of para-hydroxylation sites is 1. The predicted octanol–water partition coefficient (Wildman–Crippen LogP) is 3.19. The third kappa shape index (κ3) is 2.88. The molecular weight excluding hydrogens is 295 g/mol. The number of ether oxygens (including phenoxy) is 1. The number of aromatic nitrogens is 3. The van der Waals surface area contributed by atoms with E-state index >= 15 is 0 Å². The molecular formula is C10H6Cl2N4O3. The molecule has 0 bridgehead atoms. The van der Waals surface area contributed by atoms with Crippen molar-refractivity contribution in [3.8, 4) is 11.6 Å². The first-order valence-corrected chi connectivity index (χ1v) is 5.72. The SMILES string of the molecule is Cc1cccc(Oc2nc(Cl)nnc2Cl)c1[N+](=O)[O-]. The minimum Gasteiger partial charge on any atom is -0.429 e. The van der Waals surface area contributed by atoms with Crippen LogP contribution in [0.25, 0.3) is 0 Å². The van der Waals surface area contributed by atoms with E-state index in [1.54, 1.807) is 19.1 Å².